The summed E-state index contributed by atoms with van der Waals surface area (Å²) in [5.41, 5.74) is 6.96. The number of hydrogen-bond acceptors (Lipinski definition) is 4. The molecule has 1 aromatic heterocycles. The van der Waals surface area contributed by atoms with Gasteiger partial charge in [0.2, 0.25) is 0 Å². The molecule has 1 aromatic rings. The molecular weight excluding hydrogens is 212 g/mol. The van der Waals surface area contributed by atoms with E-state index in [0.29, 0.717) is 12.0 Å². The third kappa shape index (κ3) is 3.23. The molecule has 0 amide bonds. The van der Waals surface area contributed by atoms with Crippen LogP contribution in [-0.4, -0.2) is 34.5 Å². The quantitative estimate of drug-likeness (QED) is 0.856. The molecule has 4 heteroatoms. The Morgan fingerprint density at radius 3 is 2.94 bits per heavy atom. The minimum atomic E-state index is 0.615. The van der Waals surface area contributed by atoms with Crippen molar-refractivity contribution < 1.29 is 0 Å². The Balaban J connectivity index is 1.96. The van der Waals surface area contributed by atoms with Gasteiger partial charge in [0.15, 0.2) is 0 Å². The summed E-state index contributed by atoms with van der Waals surface area (Å²) in [6.07, 6.45) is 8.62. The molecular formula is C13H22N4. The fourth-order valence-corrected chi connectivity index (χ4v) is 2.83. The zero-order valence-electron chi connectivity index (χ0n) is 10.5. The van der Waals surface area contributed by atoms with Gasteiger partial charge in [-0.05, 0) is 38.4 Å². The molecule has 0 spiro atoms. The number of nitrogens with two attached hydrogens (primary N) is 1. The van der Waals surface area contributed by atoms with E-state index in [4.69, 9.17) is 5.73 Å². The molecule has 1 aliphatic carbocycles. The Morgan fingerprint density at radius 1 is 1.41 bits per heavy atom. The van der Waals surface area contributed by atoms with Crippen LogP contribution in [0.3, 0.4) is 0 Å². The van der Waals surface area contributed by atoms with Gasteiger partial charge in [0.25, 0.3) is 0 Å². The lowest BCUT2D eigenvalue weighted by atomic mass is 9.83. The maximum absolute atomic E-state index is 5.87. The van der Waals surface area contributed by atoms with E-state index in [2.05, 4.69) is 21.9 Å². The molecule has 17 heavy (non-hydrogen) atoms. The minimum absolute atomic E-state index is 0.615. The fourth-order valence-electron chi connectivity index (χ4n) is 2.83. The summed E-state index contributed by atoms with van der Waals surface area (Å²) in [5.74, 6) is 0.649. The van der Waals surface area contributed by atoms with E-state index >= 15 is 0 Å². The number of rotatable bonds is 4. The van der Waals surface area contributed by atoms with Crippen LogP contribution in [-0.2, 0) is 6.54 Å². The highest BCUT2D eigenvalue weighted by Gasteiger charge is 2.27. The van der Waals surface area contributed by atoms with Crippen LogP contribution in [0.5, 0.6) is 0 Å². The highest BCUT2D eigenvalue weighted by atomic mass is 15.1. The van der Waals surface area contributed by atoms with E-state index in [9.17, 15) is 0 Å². The van der Waals surface area contributed by atoms with E-state index in [-0.39, 0.29) is 0 Å². The van der Waals surface area contributed by atoms with Crippen molar-refractivity contribution in [1.82, 2.24) is 14.9 Å². The third-order valence-corrected chi connectivity index (χ3v) is 3.79. The minimum Gasteiger partial charge on any atom is -0.330 e. The Bertz CT molecular complexity index is 327. The van der Waals surface area contributed by atoms with Gasteiger partial charge in [-0.25, -0.2) is 9.97 Å². The molecule has 94 valence electrons. The smallest absolute Gasteiger partial charge is 0.115 e. The lowest BCUT2D eigenvalue weighted by Crippen LogP contribution is -2.42. The lowest BCUT2D eigenvalue weighted by molar-refractivity contribution is 0.126. The molecule has 2 rings (SSSR count). The first-order valence-electron chi connectivity index (χ1n) is 6.46. The van der Waals surface area contributed by atoms with Crippen molar-refractivity contribution in [2.24, 2.45) is 11.7 Å². The Morgan fingerprint density at radius 2 is 2.24 bits per heavy atom. The summed E-state index contributed by atoms with van der Waals surface area (Å²) in [6.45, 7) is 1.70. The molecule has 1 saturated carbocycles. The van der Waals surface area contributed by atoms with Crippen molar-refractivity contribution in [3.63, 3.8) is 0 Å². The van der Waals surface area contributed by atoms with Gasteiger partial charge in [0.1, 0.15) is 6.33 Å². The molecule has 2 atom stereocenters. The second kappa shape index (κ2) is 6.07. The van der Waals surface area contributed by atoms with Crippen molar-refractivity contribution in [3.05, 3.63) is 24.3 Å². The topological polar surface area (TPSA) is 55.0 Å². The average Bonchev–Trinajstić information content (AvgIpc) is 2.40. The Kier molecular flexibility index (Phi) is 4.45. The maximum atomic E-state index is 5.87. The van der Waals surface area contributed by atoms with Crippen molar-refractivity contribution >= 4 is 0 Å². The maximum Gasteiger partial charge on any atom is 0.115 e. The Labute approximate surface area is 103 Å². The SMILES string of the molecule is CN(Cc1ccncn1)C1CCCCC1CN. The molecule has 1 fully saturated rings. The molecule has 0 aromatic carbocycles. The van der Waals surface area contributed by atoms with E-state index in [1.54, 1.807) is 12.5 Å². The first-order chi connectivity index (χ1) is 8.31. The van der Waals surface area contributed by atoms with Gasteiger partial charge in [-0.2, -0.15) is 0 Å². The molecule has 1 aliphatic rings. The predicted octanol–water partition coefficient (Wildman–Crippen LogP) is 1.43. The zero-order valence-corrected chi connectivity index (χ0v) is 10.5. The average molecular weight is 234 g/mol. The van der Waals surface area contributed by atoms with Crippen LogP contribution in [0.1, 0.15) is 31.4 Å². The van der Waals surface area contributed by atoms with Gasteiger partial charge in [-0.3, -0.25) is 4.90 Å². The molecule has 2 N–H and O–H groups in total. The van der Waals surface area contributed by atoms with Crippen LogP contribution in [0.25, 0.3) is 0 Å². The molecule has 0 aliphatic heterocycles. The Hall–Kier alpha value is -1.00. The summed E-state index contributed by atoms with van der Waals surface area (Å²) >= 11 is 0. The monoisotopic (exact) mass is 234 g/mol. The second-order valence-corrected chi connectivity index (χ2v) is 4.96. The molecule has 0 radical (unpaired) electrons. The zero-order chi connectivity index (χ0) is 12.1. The van der Waals surface area contributed by atoms with Crippen LogP contribution in [0, 0.1) is 5.92 Å². The van der Waals surface area contributed by atoms with Gasteiger partial charge < -0.3 is 5.73 Å². The standard InChI is InChI=1S/C13H22N4/c1-17(9-12-6-7-15-10-16-12)13-5-3-2-4-11(13)8-14/h6-7,10-11,13H,2-5,8-9,14H2,1H3. The van der Waals surface area contributed by atoms with E-state index in [1.807, 2.05) is 6.07 Å². The van der Waals surface area contributed by atoms with Gasteiger partial charge in [-0.1, -0.05) is 12.8 Å². The first-order valence-corrected chi connectivity index (χ1v) is 6.46. The third-order valence-electron chi connectivity index (χ3n) is 3.79. The summed E-state index contributed by atoms with van der Waals surface area (Å²) in [6, 6.07) is 2.60. The van der Waals surface area contributed by atoms with Gasteiger partial charge in [-0.15, -0.1) is 0 Å². The highest BCUT2D eigenvalue weighted by molar-refractivity contribution is 4.98. The van der Waals surface area contributed by atoms with Crippen LogP contribution >= 0.6 is 0 Å². The highest BCUT2D eigenvalue weighted by Crippen LogP contribution is 2.27. The normalized spacial score (nSPS) is 25.1. The summed E-state index contributed by atoms with van der Waals surface area (Å²) in [5, 5.41) is 0. The van der Waals surface area contributed by atoms with E-state index in [1.165, 1.54) is 25.7 Å². The largest absolute Gasteiger partial charge is 0.330 e. The van der Waals surface area contributed by atoms with Gasteiger partial charge in [0.05, 0.1) is 5.69 Å². The first kappa shape index (κ1) is 12.5. The summed E-state index contributed by atoms with van der Waals surface area (Å²) in [7, 11) is 2.18. The fraction of sp³-hybridized carbons (Fsp3) is 0.692. The van der Waals surface area contributed by atoms with Crippen LogP contribution < -0.4 is 5.73 Å². The molecule has 1 heterocycles. The van der Waals surface area contributed by atoms with Crippen LogP contribution in [0.4, 0.5) is 0 Å². The van der Waals surface area contributed by atoms with Crippen LogP contribution in [0.15, 0.2) is 18.6 Å². The van der Waals surface area contributed by atoms with E-state index < -0.39 is 0 Å². The second-order valence-electron chi connectivity index (χ2n) is 4.96. The predicted molar refractivity (Wildman–Crippen MR) is 68.3 cm³/mol. The molecule has 0 saturated heterocycles. The van der Waals surface area contributed by atoms with Crippen molar-refractivity contribution in [3.8, 4) is 0 Å². The van der Waals surface area contributed by atoms with Crippen molar-refractivity contribution in [1.29, 1.82) is 0 Å². The van der Waals surface area contributed by atoms with Gasteiger partial charge in [0, 0.05) is 18.8 Å². The summed E-state index contributed by atoms with van der Waals surface area (Å²) in [4.78, 5) is 10.6. The molecule has 2 unspecified atom stereocenters. The lowest BCUT2D eigenvalue weighted by Gasteiger charge is -2.37. The molecule has 0 bridgehead atoms. The van der Waals surface area contributed by atoms with Gasteiger partial charge >= 0.3 is 0 Å². The summed E-state index contributed by atoms with van der Waals surface area (Å²) < 4.78 is 0. The number of hydrogen-bond donors (Lipinski definition) is 1. The van der Waals surface area contributed by atoms with Crippen molar-refractivity contribution in [2.75, 3.05) is 13.6 Å². The number of aromatic nitrogens is 2. The van der Waals surface area contributed by atoms with E-state index in [0.717, 1.165) is 18.8 Å². The van der Waals surface area contributed by atoms with Crippen molar-refractivity contribution in [2.45, 2.75) is 38.3 Å². The van der Waals surface area contributed by atoms with Crippen LogP contribution in [0.2, 0.25) is 0 Å². The molecule has 4 nitrogen and oxygen atoms in total. The number of nitrogens with zero attached hydrogens (tertiary/aromatic N) is 3.